The molecular weight excluding hydrogens is 786 g/mol. The fraction of sp³-hybridized carbons (Fsp3) is 0.0588. The van der Waals surface area contributed by atoms with Gasteiger partial charge in [0.15, 0.2) is 0 Å². The van der Waals surface area contributed by atoms with E-state index in [1.54, 1.807) is 0 Å². The van der Waals surface area contributed by atoms with Gasteiger partial charge in [0.2, 0.25) is 0 Å². The number of nitrogens with zero attached hydrogens (tertiary/aromatic N) is 1. The van der Waals surface area contributed by atoms with E-state index in [0.717, 1.165) is 38.8 Å². The molecule has 0 aliphatic heterocycles. The molecule has 1 atom stereocenters. The summed E-state index contributed by atoms with van der Waals surface area (Å²) in [5.41, 5.74) is 14.7. The van der Waals surface area contributed by atoms with E-state index >= 15 is 0 Å². The second-order valence-corrected chi connectivity index (χ2v) is 15.4. The zero-order chi connectivity index (χ0) is 36.7. The van der Waals surface area contributed by atoms with Gasteiger partial charge in [-0.2, -0.15) is 0 Å². The molecule has 0 radical (unpaired) electrons. The van der Waals surface area contributed by atoms with Crippen LogP contribution in [0.25, 0.3) is 33.4 Å². The van der Waals surface area contributed by atoms with Crippen LogP contribution in [0.15, 0.2) is 215 Å². The molecule has 0 heterocycles. The van der Waals surface area contributed by atoms with Crippen molar-refractivity contribution in [3.05, 3.63) is 232 Å². The molecule has 262 valence electrons. The van der Waals surface area contributed by atoms with Crippen molar-refractivity contribution in [1.82, 2.24) is 0 Å². The van der Waals surface area contributed by atoms with Crippen LogP contribution in [0, 0.1) is 0 Å². The van der Waals surface area contributed by atoms with Crippen LogP contribution in [-0.2, 0) is 6.42 Å². The van der Waals surface area contributed by atoms with Gasteiger partial charge in [0, 0.05) is 31.9 Å². The van der Waals surface area contributed by atoms with E-state index < -0.39 is 0 Å². The average molecular weight is 826 g/mol. The van der Waals surface area contributed by atoms with Gasteiger partial charge in [-0.3, -0.25) is 0 Å². The molecule has 0 aliphatic rings. The Labute approximate surface area is 335 Å². The fourth-order valence-corrected chi connectivity index (χ4v) is 7.74. The van der Waals surface area contributed by atoms with Crippen LogP contribution in [0.4, 0.5) is 17.1 Å². The molecule has 0 fully saturated rings. The topological polar surface area (TPSA) is 3.24 Å². The summed E-state index contributed by atoms with van der Waals surface area (Å²) in [4.78, 5) is 2.32. The number of benzene rings is 8. The van der Waals surface area contributed by atoms with Crippen LogP contribution in [0.5, 0.6) is 0 Å². The lowest BCUT2D eigenvalue weighted by molar-refractivity contribution is 0.715. The molecular formula is C51H39Br2N. The van der Waals surface area contributed by atoms with E-state index in [1.165, 1.54) is 50.1 Å². The Balaban J connectivity index is 0.982. The third kappa shape index (κ3) is 8.34. The second-order valence-electron chi connectivity index (χ2n) is 13.6. The van der Waals surface area contributed by atoms with Crippen molar-refractivity contribution in [1.29, 1.82) is 0 Å². The molecule has 0 aliphatic carbocycles. The third-order valence-corrected chi connectivity index (χ3v) is 11.2. The monoisotopic (exact) mass is 823 g/mol. The number of rotatable bonds is 11. The molecule has 3 heteroatoms. The molecule has 0 N–H and O–H groups in total. The van der Waals surface area contributed by atoms with Gasteiger partial charge in [0.1, 0.15) is 0 Å². The minimum absolute atomic E-state index is 0.321. The molecule has 54 heavy (non-hydrogen) atoms. The predicted octanol–water partition coefficient (Wildman–Crippen LogP) is 15.4. The summed E-state index contributed by atoms with van der Waals surface area (Å²) in [5.74, 6) is 0.321. The molecule has 0 saturated carbocycles. The Bertz CT molecular complexity index is 2390. The average Bonchev–Trinajstić information content (AvgIpc) is 3.23. The first-order valence-corrected chi connectivity index (χ1v) is 20.0. The third-order valence-electron chi connectivity index (χ3n) is 10.1. The smallest absolute Gasteiger partial charge is 0.0462 e. The lowest BCUT2D eigenvalue weighted by Crippen LogP contribution is -2.09. The van der Waals surface area contributed by atoms with Gasteiger partial charge < -0.3 is 4.90 Å². The molecule has 0 unspecified atom stereocenters. The lowest BCUT2D eigenvalue weighted by atomic mass is 9.85. The van der Waals surface area contributed by atoms with E-state index in [4.69, 9.17) is 0 Å². The van der Waals surface area contributed by atoms with Gasteiger partial charge in [0.05, 0.1) is 0 Å². The van der Waals surface area contributed by atoms with E-state index in [2.05, 4.69) is 243 Å². The van der Waals surface area contributed by atoms with Gasteiger partial charge >= 0.3 is 0 Å². The highest BCUT2D eigenvalue weighted by molar-refractivity contribution is 9.10. The van der Waals surface area contributed by atoms with Gasteiger partial charge in [-0.1, -0.05) is 177 Å². The highest BCUT2D eigenvalue weighted by Gasteiger charge is 2.16. The van der Waals surface area contributed by atoms with E-state index in [-0.39, 0.29) is 0 Å². The molecule has 8 aromatic carbocycles. The van der Waals surface area contributed by atoms with Crippen molar-refractivity contribution in [3.63, 3.8) is 0 Å². The van der Waals surface area contributed by atoms with Crippen molar-refractivity contribution >= 4 is 48.9 Å². The summed E-state index contributed by atoms with van der Waals surface area (Å²) in [6.07, 6.45) is 2.04. The van der Waals surface area contributed by atoms with Crippen molar-refractivity contribution < 1.29 is 0 Å². The minimum atomic E-state index is 0.321. The highest BCUT2D eigenvalue weighted by Crippen LogP contribution is 2.37. The van der Waals surface area contributed by atoms with E-state index in [0.29, 0.717) is 5.92 Å². The second kappa shape index (κ2) is 16.7. The SMILES string of the molecule is Brc1ccc(-c2ccc([C@H](CCc3ccc(-c4ccc(N(c5ccccc5)c5ccc(-c6ccc(Br)cc6)cc5)cc4)cc3)c3ccccc3)cc2)cc1. The number of anilines is 3. The van der Waals surface area contributed by atoms with Crippen LogP contribution < -0.4 is 4.90 Å². The van der Waals surface area contributed by atoms with Crippen LogP contribution in [0.3, 0.4) is 0 Å². The largest absolute Gasteiger partial charge is 0.311 e. The fourth-order valence-electron chi connectivity index (χ4n) is 7.21. The summed E-state index contributed by atoms with van der Waals surface area (Å²) in [6, 6.07) is 74.5. The highest BCUT2D eigenvalue weighted by atomic mass is 79.9. The number of hydrogen-bond acceptors (Lipinski definition) is 1. The Kier molecular flexibility index (Phi) is 11.0. The summed E-state index contributed by atoms with van der Waals surface area (Å²) in [5, 5.41) is 0. The Morgan fingerprint density at radius 2 is 0.667 bits per heavy atom. The minimum Gasteiger partial charge on any atom is -0.311 e. The van der Waals surface area contributed by atoms with Crippen molar-refractivity contribution in [3.8, 4) is 33.4 Å². The standard InChI is InChI=1S/C51H39Br2N/c52-46-28-20-40(21-29-46)39-16-18-45(19-17-39)51(44-7-3-1-4-8-44)36-13-37-11-14-38(15-12-37)42-24-32-49(33-25-42)54(48-9-5-2-6-10-48)50-34-26-43(27-35-50)41-22-30-47(53)31-23-41/h1-12,14-35,51H,13,36H2/t51-/m1/s1. The number of halogens is 2. The first kappa shape index (κ1) is 35.5. The molecule has 1 nitrogen and oxygen atoms in total. The summed E-state index contributed by atoms with van der Waals surface area (Å²) in [6.45, 7) is 0. The molecule has 0 amide bonds. The number of aryl methyl sites for hydroxylation is 1. The molecule has 0 bridgehead atoms. The van der Waals surface area contributed by atoms with Crippen LogP contribution in [0.2, 0.25) is 0 Å². The van der Waals surface area contributed by atoms with Crippen LogP contribution in [0.1, 0.15) is 29.0 Å². The molecule has 8 rings (SSSR count). The van der Waals surface area contributed by atoms with Gasteiger partial charge in [0.25, 0.3) is 0 Å². The van der Waals surface area contributed by atoms with Gasteiger partial charge in [-0.15, -0.1) is 0 Å². The summed E-state index contributed by atoms with van der Waals surface area (Å²) in [7, 11) is 0. The maximum absolute atomic E-state index is 3.55. The Morgan fingerprint density at radius 3 is 1.11 bits per heavy atom. The zero-order valence-corrected chi connectivity index (χ0v) is 33.0. The Morgan fingerprint density at radius 1 is 0.333 bits per heavy atom. The zero-order valence-electron chi connectivity index (χ0n) is 29.8. The normalized spacial score (nSPS) is 11.6. The summed E-state index contributed by atoms with van der Waals surface area (Å²) >= 11 is 7.10. The van der Waals surface area contributed by atoms with Gasteiger partial charge in [-0.05, 0) is 124 Å². The predicted molar refractivity (Wildman–Crippen MR) is 236 cm³/mol. The molecule has 0 saturated heterocycles. The molecule has 0 spiro atoms. The van der Waals surface area contributed by atoms with Crippen LogP contribution in [-0.4, -0.2) is 0 Å². The lowest BCUT2D eigenvalue weighted by Gasteiger charge is -2.26. The van der Waals surface area contributed by atoms with E-state index in [1.807, 2.05) is 0 Å². The van der Waals surface area contributed by atoms with Crippen molar-refractivity contribution in [2.45, 2.75) is 18.8 Å². The maximum Gasteiger partial charge on any atom is 0.0462 e. The molecule has 0 aromatic heterocycles. The number of para-hydroxylation sites is 1. The van der Waals surface area contributed by atoms with Crippen molar-refractivity contribution in [2.75, 3.05) is 4.90 Å². The van der Waals surface area contributed by atoms with Gasteiger partial charge in [-0.25, -0.2) is 0 Å². The quantitative estimate of drug-likeness (QED) is 0.126. The molecule has 8 aromatic rings. The summed E-state index contributed by atoms with van der Waals surface area (Å²) < 4.78 is 2.18. The van der Waals surface area contributed by atoms with E-state index in [9.17, 15) is 0 Å². The Hall–Kier alpha value is -5.48. The van der Waals surface area contributed by atoms with Crippen molar-refractivity contribution in [2.24, 2.45) is 0 Å². The number of hydrogen-bond donors (Lipinski definition) is 0. The van der Waals surface area contributed by atoms with Crippen LogP contribution >= 0.6 is 31.9 Å². The first-order chi connectivity index (χ1) is 26.6. The maximum atomic E-state index is 3.55. The first-order valence-electron chi connectivity index (χ1n) is 18.4.